The van der Waals surface area contributed by atoms with E-state index < -0.39 is 10.4 Å². The van der Waals surface area contributed by atoms with Crippen LogP contribution in [-0.2, 0) is 27.5 Å². The molecule has 1 N–H and O–H groups in total. The number of rotatable bonds is 5. The summed E-state index contributed by atoms with van der Waals surface area (Å²) in [7, 11) is -4.42. The third kappa shape index (κ3) is 3.31. The van der Waals surface area contributed by atoms with Crippen molar-refractivity contribution < 1.29 is 21.7 Å². The summed E-state index contributed by atoms with van der Waals surface area (Å²) in [5, 5.41) is 0. The van der Waals surface area contributed by atoms with Crippen molar-refractivity contribution in [1.29, 1.82) is 0 Å². The normalized spacial score (nSPS) is 12.1. The Hall–Kier alpha value is -2.09. The van der Waals surface area contributed by atoms with E-state index in [2.05, 4.69) is 15.7 Å². The van der Waals surface area contributed by atoms with E-state index in [1.807, 2.05) is 42.5 Å². The highest BCUT2D eigenvalue weighted by Crippen LogP contribution is 2.19. The summed E-state index contributed by atoms with van der Waals surface area (Å²) < 4.78 is 36.6. The highest BCUT2D eigenvalue weighted by molar-refractivity contribution is 7.80. The summed E-state index contributed by atoms with van der Waals surface area (Å²) in [6.07, 6.45) is 0.339. The molecule has 2 aromatic carbocycles. The zero-order chi connectivity index (χ0) is 16.4. The molecule has 6 nitrogen and oxygen atoms in total. The number of nitrogens with zero attached hydrogens (tertiary/aromatic N) is 2. The van der Waals surface area contributed by atoms with Gasteiger partial charge in [-0.15, -0.1) is 0 Å². The van der Waals surface area contributed by atoms with Gasteiger partial charge in [0, 0.05) is 12.1 Å². The van der Waals surface area contributed by atoms with Gasteiger partial charge in [0.1, 0.15) is 17.6 Å². The lowest BCUT2D eigenvalue weighted by Crippen LogP contribution is -2.34. The van der Waals surface area contributed by atoms with Gasteiger partial charge in [0.2, 0.25) is 11.0 Å². The second kappa shape index (κ2) is 6.19. The van der Waals surface area contributed by atoms with E-state index in [0.29, 0.717) is 6.42 Å². The van der Waals surface area contributed by atoms with Crippen LogP contribution in [0.2, 0.25) is 0 Å². The van der Waals surface area contributed by atoms with Crippen molar-refractivity contribution in [3.05, 3.63) is 48.0 Å². The molecule has 0 unspecified atom stereocenters. The van der Waals surface area contributed by atoms with Crippen LogP contribution in [0.5, 0.6) is 0 Å². The Balaban J connectivity index is 2.11. The van der Waals surface area contributed by atoms with Crippen molar-refractivity contribution in [3.8, 4) is 0 Å². The second-order valence-corrected chi connectivity index (χ2v) is 6.22. The van der Waals surface area contributed by atoms with Crippen LogP contribution in [0.15, 0.2) is 42.5 Å². The lowest BCUT2D eigenvalue weighted by molar-refractivity contribution is -0.641. The van der Waals surface area contributed by atoms with Gasteiger partial charge < -0.3 is 0 Å². The van der Waals surface area contributed by atoms with E-state index in [-0.39, 0.29) is 6.61 Å². The van der Waals surface area contributed by atoms with E-state index in [1.165, 1.54) is 0 Å². The van der Waals surface area contributed by atoms with Crippen LogP contribution in [0.25, 0.3) is 22.1 Å². The van der Waals surface area contributed by atoms with Crippen LogP contribution < -0.4 is 4.57 Å². The predicted octanol–water partition coefficient (Wildman–Crippen LogP) is 2.06. The fourth-order valence-electron chi connectivity index (χ4n) is 2.76. The topological polar surface area (TPSA) is 80.4 Å². The molecule has 120 valence electrons. The van der Waals surface area contributed by atoms with Gasteiger partial charge in [-0.1, -0.05) is 24.3 Å². The van der Waals surface area contributed by atoms with E-state index in [0.717, 1.165) is 34.2 Å². The molecule has 0 fully saturated rings. The minimum atomic E-state index is -4.42. The van der Waals surface area contributed by atoms with Crippen molar-refractivity contribution in [2.24, 2.45) is 0 Å². The van der Waals surface area contributed by atoms with Gasteiger partial charge in [0.25, 0.3) is 0 Å². The van der Waals surface area contributed by atoms with Crippen LogP contribution in [-0.4, -0.2) is 24.6 Å². The van der Waals surface area contributed by atoms with Crippen LogP contribution in [0.3, 0.4) is 0 Å². The van der Waals surface area contributed by atoms with Gasteiger partial charge in [-0.2, -0.15) is 13.0 Å². The van der Waals surface area contributed by atoms with Gasteiger partial charge >= 0.3 is 10.4 Å². The first kappa shape index (κ1) is 15.8. The van der Waals surface area contributed by atoms with Crippen LogP contribution in [0.1, 0.15) is 12.5 Å². The second-order valence-electron chi connectivity index (χ2n) is 5.13. The number of hydrogen-bond donors (Lipinski definition) is 1. The van der Waals surface area contributed by atoms with Gasteiger partial charge in [-0.25, -0.2) is 9.17 Å². The first-order chi connectivity index (χ1) is 11.0. The quantitative estimate of drug-likeness (QED) is 0.439. The zero-order valence-corrected chi connectivity index (χ0v) is 13.5. The Labute approximate surface area is 134 Å². The molecule has 1 heterocycles. The fourth-order valence-corrected chi connectivity index (χ4v) is 3.06. The maximum Gasteiger partial charge on any atom is 0.397 e. The standard InChI is InChI=1S/C16H16N2O4S/c1-2-18-14-8-4-3-7-13(14)17-16-12(6-5-9-15(16)18)10-11-22-23(19,20)21/h3-9H,2,10-11H2,1H3/p+1. The number of para-hydroxylation sites is 3. The Morgan fingerprint density at radius 2 is 1.87 bits per heavy atom. The SMILES string of the molecule is CC[n+]1c2ccccc2nc2c(CCOS(=O)(=O)O)cccc21. The molecule has 0 bridgehead atoms. The third-order valence-electron chi connectivity index (χ3n) is 3.71. The largest absolute Gasteiger partial charge is 0.397 e. The molecule has 0 aliphatic carbocycles. The number of aromatic nitrogens is 2. The van der Waals surface area contributed by atoms with Crippen LogP contribution in [0.4, 0.5) is 0 Å². The van der Waals surface area contributed by atoms with E-state index >= 15 is 0 Å². The van der Waals surface area contributed by atoms with Gasteiger partial charge in [-0.3, -0.25) is 4.55 Å². The van der Waals surface area contributed by atoms with Gasteiger partial charge in [-0.05, 0) is 25.0 Å². The van der Waals surface area contributed by atoms with Crippen molar-refractivity contribution >= 4 is 32.5 Å². The summed E-state index contributed by atoms with van der Waals surface area (Å²) >= 11 is 0. The molecular weight excluding hydrogens is 316 g/mol. The van der Waals surface area contributed by atoms with Crippen molar-refractivity contribution in [2.45, 2.75) is 19.9 Å². The summed E-state index contributed by atoms with van der Waals surface area (Å²) in [5.74, 6) is 0. The summed E-state index contributed by atoms with van der Waals surface area (Å²) in [6.45, 7) is 2.74. The molecule has 0 atom stereocenters. The smallest absolute Gasteiger partial charge is 0.264 e. The minimum absolute atomic E-state index is 0.126. The highest BCUT2D eigenvalue weighted by Gasteiger charge is 2.17. The van der Waals surface area contributed by atoms with E-state index in [9.17, 15) is 8.42 Å². The molecule has 7 heteroatoms. The number of benzene rings is 2. The predicted molar refractivity (Wildman–Crippen MR) is 86.3 cm³/mol. The fraction of sp³-hybridized carbons (Fsp3) is 0.250. The Kier molecular flexibility index (Phi) is 4.25. The minimum Gasteiger partial charge on any atom is -0.264 e. The molecule has 3 rings (SSSR count). The molecule has 1 aromatic heterocycles. The summed E-state index contributed by atoms with van der Waals surface area (Å²) in [5.41, 5.74) is 4.60. The molecule has 0 radical (unpaired) electrons. The molecule has 0 saturated heterocycles. The molecule has 0 aliphatic rings. The summed E-state index contributed by atoms with van der Waals surface area (Å²) in [6, 6.07) is 13.7. The van der Waals surface area contributed by atoms with Crippen molar-refractivity contribution in [2.75, 3.05) is 6.61 Å². The number of aryl methyl sites for hydroxylation is 1. The van der Waals surface area contributed by atoms with Crippen molar-refractivity contribution in [1.82, 2.24) is 4.98 Å². The van der Waals surface area contributed by atoms with Gasteiger partial charge in [0.15, 0.2) is 0 Å². The van der Waals surface area contributed by atoms with Crippen LogP contribution in [0, 0.1) is 0 Å². The average molecular weight is 333 g/mol. The first-order valence-electron chi connectivity index (χ1n) is 7.31. The van der Waals surface area contributed by atoms with Crippen molar-refractivity contribution in [3.63, 3.8) is 0 Å². The average Bonchev–Trinajstić information content (AvgIpc) is 2.52. The van der Waals surface area contributed by atoms with E-state index in [4.69, 9.17) is 9.54 Å². The lowest BCUT2D eigenvalue weighted by Gasteiger charge is -2.07. The molecule has 3 aromatic rings. The number of fused-ring (bicyclic) bond motifs is 2. The molecule has 0 aliphatic heterocycles. The molecule has 23 heavy (non-hydrogen) atoms. The molecule has 0 amide bonds. The monoisotopic (exact) mass is 333 g/mol. The number of hydrogen-bond acceptors (Lipinski definition) is 4. The maximum absolute atomic E-state index is 10.7. The maximum atomic E-state index is 10.7. The molecule has 0 saturated carbocycles. The Morgan fingerprint density at radius 3 is 2.61 bits per heavy atom. The highest BCUT2D eigenvalue weighted by atomic mass is 32.3. The Morgan fingerprint density at radius 1 is 1.13 bits per heavy atom. The molecule has 0 spiro atoms. The van der Waals surface area contributed by atoms with Gasteiger partial charge in [0.05, 0.1) is 6.61 Å². The first-order valence-corrected chi connectivity index (χ1v) is 8.68. The summed E-state index contributed by atoms with van der Waals surface area (Å²) in [4.78, 5) is 4.71. The lowest BCUT2D eigenvalue weighted by atomic mass is 10.1. The van der Waals surface area contributed by atoms with E-state index in [1.54, 1.807) is 0 Å². The zero-order valence-electron chi connectivity index (χ0n) is 12.6. The Bertz CT molecular complexity index is 970. The molecular formula is C16H17N2O4S+. The third-order valence-corrected chi connectivity index (χ3v) is 4.18. The van der Waals surface area contributed by atoms with Crippen LogP contribution >= 0.6 is 0 Å².